The molecule has 0 atom stereocenters. The highest BCUT2D eigenvalue weighted by Gasteiger charge is 2.21. The third-order valence-corrected chi connectivity index (χ3v) is 13.9. The summed E-state index contributed by atoms with van der Waals surface area (Å²) in [7, 11) is 0. The summed E-state index contributed by atoms with van der Waals surface area (Å²) in [4.78, 5) is 10.9. The first kappa shape index (κ1) is 37.5. The summed E-state index contributed by atoms with van der Waals surface area (Å²) in [6.45, 7) is 0. The molecule has 14 aromatic rings. The van der Waals surface area contributed by atoms with Crippen molar-refractivity contribution in [1.29, 1.82) is 0 Å². The summed E-state index contributed by atoms with van der Waals surface area (Å²) in [5.41, 5.74) is 9.87. The number of hydrogen-bond acceptors (Lipinski definition) is 2. The number of rotatable bonds is 5. The van der Waals surface area contributed by atoms with E-state index in [1.165, 1.54) is 92.3 Å². The van der Waals surface area contributed by atoms with Gasteiger partial charge in [0, 0.05) is 28.0 Å². The SMILES string of the molecule is c1ccc(-c2ccc3c(c2)c2cc4c5ccccc5c5cc(-c6cccc7ccccc67)ccc5c4cc2n3-c2cc(-c3ccc4ccccc4c3)nc(-c3ccc4ccccc4c3)n2)cc1. The molecule has 0 aliphatic rings. The second-order valence-corrected chi connectivity index (χ2v) is 17.7. The van der Waals surface area contributed by atoms with Gasteiger partial charge in [-0.3, -0.25) is 4.57 Å². The van der Waals surface area contributed by atoms with Gasteiger partial charge in [0.25, 0.3) is 0 Å². The molecule has 3 heteroatoms. The number of aromatic nitrogens is 3. The molecule has 0 N–H and O–H groups in total. The van der Waals surface area contributed by atoms with Crippen molar-refractivity contribution in [2.45, 2.75) is 0 Å². The summed E-state index contributed by atoms with van der Waals surface area (Å²) >= 11 is 0. The lowest BCUT2D eigenvalue weighted by molar-refractivity contribution is 1.05. The zero-order chi connectivity index (χ0) is 44.0. The first-order chi connectivity index (χ1) is 33.2. The van der Waals surface area contributed by atoms with E-state index in [0.29, 0.717) is 5.82 Å². The number of benzene rings is 12. The second kappa shape index (κ2) is 14.8. The third kappa shape index (κ3) is 6.06. The lowest BCUT2D eigenvalue weighted by Gasteiger charge is -2.15. The van der Waals surface area contributed by atoms with Crippen molar-refractivity contribution in [3.63, 3.8) is 0 Å². The van der Waals surface area contributed by atoms with E-state index in [-0.39, 0.29) is 0 Å². The zero-order valence-corrected chi connectivity index (χ0v) is 36.4. The molecule has 3 nitrogen and oxygen atoms in total. The number of nitrogens with zero attached hydrogens (tertiary/aromatic N) is 3. The summed E-state index contributed by atoms with van der Waals surface area (Å²) in [6, 6.07) is 86.1. The standard InChI is InChI=1S/C64H39N3/c1-2-13-40(14-3-1)46-30-32-61-58(35-46)59-37-56-53-23-11-10-22-52(53)55-36-47(51-24-12-20-43-17-8-9-21-50(43)51)29-31-54(55)57(56)38-62(59)67(61)63-39-60(48-27-25-41-15-4-6-18-44(41)33-48)65-64(66-63)49-28-26-42-16-5-7-19-45(42)34-49/h1-39H. The van der Waals surface area contributed by atoms with Crippen molar-refractivity contribution in [3.05, 3.63) is 237 Å². The highest BCUT2D eigenvalue weighted by Crippen LogP contribution is 2.44. The predicted octanol–water partition coefficient (Wildman–Crippen LogP) is 17.2. The summed E-state index contributed by atoms with van der Waals surface area (Å²) in [5, 5.41) is 16.9. The van der Waals surface area contributed by atoms with E-state index in [1.54, 1.807) is 0 Å². The first-order valence-corrected chi connectivity index (χ1v) is 23.0. The Balaban J connectivity index is 1.08. The van der Waals surface area contributed by atoms with Crippen LogP contribution in [0.4, 0.5) is 0 Å². The Labute approximate surface area is 386 Å². The molecule has 14 rings (SSSR count). The van der Waals surface area contributed by atoms with Crippen LogP contribution < -0.4 is 0 Å². The lowest BCUT2D eigenvalue weighted by Crippen LogP contribution is -2.02. The molecule has 67 heavy (non-hydrogen) atoms. The minimum atomic E-state index is 0.681. The molecular weight excluding hydrogens is 811 g/mol. The van der Waals surface area contributed by atoms with E-state index < -0.39 is 0 Å². The minimum absolute atomic E-state index is 0.681. The van der Waals surface area contributed by atoms with Crippen LogP contribution >= 0.6 is 0 Å². The fourth-order valence-corrected chi connectivity index (χ4v) is 10.7. The van der Waals surface area contributed by atoms with Crippen LogP contribution in [0.5, 0.6) is 0 Å². The largest absolute Gasteiger partial charge is 0.294 e. The molecule has 0 fully saturated rings. The Kier molecular flexibility index (Phi) is 8.28. The predicted molar refractivity (Wildman–Crippen MR) is 283 cm³/mol. The van der Waals surface area contributed by atoms with E-state index >= 15 is 0 Å². The van der Waals surface area contributed by atoms with E-state index in [9.17, 15) is 0 Å². The van der Waals surface area contributed by atoms with Gasteiger partial charge in [-0.2, -0.15) is 0 Å². The zero-order valence-electron chi connectivity index (χ0n) is 36.4. The average Bonchev–Trinajstić information content (AvgIpc) is 3.72. The van der Waals surface area contributed by atoms with E-state index in [4.69, 9.17) is 9.97 Å². The van der Waals surface area contributed by atoms with Crippen molar-refractivity contribution in [2.75, 3.05) is 0 Å². The Morgan fingerprint density at radius 3 is 1.58 bits per heavy atom. The van der Waals surface area contributed by atoms with Gasteiger partial charge in [-0.15, -0.1) is 0 Å². The lowest BCUT2D eigenvalue weighted by atomic mass is 9.90. The van der Waals surface area contributed by atoms with Gasteiger partial charge in [0.2, 0.25) is 0 Å². The van der Waals surface area contributed by atoms with E-state index in [1.807, 2.05) is 0 Å². The van der Waals surface area contributed by atoms with Gasteiger partial charge in [-0.1, -0.05) is 188 Å². The van der Waals surface area contributed by atoms with Crippen LogP contribution in [0.25, 0.3) is 137 Å². The van der Waals surface area contributed by atoms with Gasteiger partial charge in [0.05, 0.1) is 16.7 Å². The van der Waals surface area contributed by atoms with Crippen LogP contribution in [0.2, 0.25) is 0 Å². The van der Waals surface area contributed by atoms with Crippen LogP contribution in [0, 0.1) is 0 Å². The Hall–Kier alpha value is -8.92. The molecule has 0 aliphatic carbocycles. The molecule has 0 saturated heterocycles. The van der Waals surface area contributed by atoms with Crippen molar-refractivity contribution in [1.82, 2.24) is 14.5 Å². The van der Waals surface area contributed by atoms with E-state index in [2.05, 4.69) is 241 Å². The highest BCUT2D eigenvalue weighted by atomic mass is 15.1. The van der Waals surface area contributed by atoms with Crippen LogP contribution in [-0.4, -0.2) is 14.5 Å². The van der Waals surface area contributed by atoms with Crippen molar-refractivity contribution >= 4 is 86.4 Å². The Bertz CT molecular complexity index is 4230. The highest BCUT2D eigenvalue weighted by molar-refractivity contribution is 6.29. The van der Waals surface area contributed by atoms with Crippen molar-refractivity contribution < 1.29 is 0 Å². The minimum Gasteiger partial charge on any atom is -0.294 e. The maximum absolute atomic E-state index is 5.54. The summed E-state index contributed by atoms with van der Waals surface area (Å²) in [5.74, 6) is 1.50. The number of fused-ring (bicyclic) bond motifs is 12. The van der Waals surface area contributed by atoms with Crippen molar-refractivity contribution in [2.24, 2.45) is 0 Å². The monoisotopic (exact) mass is 849 g/mol. The maximum Gasteiger partial charge on any atom is 0.162 e. The normalized spacial score (nSPS) is 11.9. The molecule has 2 heterocycles. The Morgan fingerprint density at radius 1 is 0.254 bits per heavy atom. The number of hydrogen-bond donors (Lipinski definition) is 0. The molecule has 0 unspecified atom stereocenters. The van der Waals surface area contributed by atoms with Crippen LogP contribution in [-0.2, 0) is 0 Å². The van der Waals surface area contributed by atoms with Gasteiger partial charge in [-0.25, -0.2) is 9.97 Å². The van der Waals surface area contributed by atoms with Gasteiger partial charge < -0.3 is 0 Å². The molecule has 0 amide bonds. The molecule has 0 radical (unpaired) electrons. The van der Waals surface area contributed by atoms with Gasteiger partial charge in [0.15, 0.2) is 5.82 Å². The molecule has 0 saturated carbocycles. The molecule has 0 spiro atoms. The Morgan fingerprint density at radius 2 is 0.806 bits per heavy atom. The first-order valence-electron chi connectivity index (χ1n) is 23.0. The third-order valence-electron chi connectivity index (χ3n) is 13.9. The average molecular weight is 850 g/mol. The summed E-state index contributed by atoms with van der Waals surface area (Å²) < 4.78 is 2.38. The quantitative estimate of drug-likeness (QED) is 0.162. The fraction of sp³-hybridized carbons (Fsp3) is 0. The molecule has 0 bridgehead atoms. The van der Waals surface area contributed by atoms with Crippen LogP contribution in [0.3, 0.4) is 0 Å². The molecule has 0 aliphatic heterocycles. The fourth-order valence-electron chi connectivity index (χ4n) is 10.7. The van der Waals surface area contributed by atoms with Crippen LogP contribution in [0.1, 0.15) is 0 Å². The molecule has 2 aromatic heterocycles. The van der Waals surface area contributed by atoms with Crippen molar-refractivity contribution in [3.8, 4) is 50.7 Å². The van der Waals surface area contributed by atoms with Crippen LogP contribution in [0.15, 0.2) is 237 Å². The van der Waals surface area contributed by atoms with E-state index in [0.717, 1.165) is 39.1 Å². The molecule has 310 valence electrons. The molecular formula is C64H39N3. The van der Waals surface area contributed by atoms with Gasteiger partial charge >= 0.3 is 0 Å². The molecule has 12 aromatic carbocycles. The summed E-state index contributed by atoms with van der Waals surface area (Å²) in [6.07, 6.45) is 0. The topological polar surface area (TPSA) is 30.7 Å². The van der Waals surface area contributed by atoms with Gasteiger partial charge in [0.1, 0.15) is 5.82 Å². The smallest absolute Gasteiger partial charge is 0.162 e. The second-order valence-electron chi connectivity index (χ2n) is 17.7. The maximum atomic E-state index is 5.54. The van der Waals surface area contributed by atoms with Gasteiger partial charge in [-0.05, 0) is 129 Å².